The number of anilines is 1. The van der Waals surface area contributed by atoms with Crippen LogP contribution < -0.4 is 14.4 Å². The predicted molar refractivity (Wildman–Crippen MR) is 141 cm³/mol. The number of nitrogens with zero attached hydrogens (tertiary/aromatic N) is 1. The molecule has 0 aromatic heterocycles. The summed E-state index contributed by atoms with van der Waals surface area (Å²) in [4.78, 5) is 28.0. The van der Waals surface area contributed by atoms with Gasteiger partial charge in [-0.3, -0.25) is 14.5 Å². The van der Waals surface area contributed by atoms with Gasteiger partial charge in [-0.2, -0.15) is 0 Å². The van der Waals surface area contributed by atoms with Gasteiger partial charge in [-0.1, -0.05) is 36.7 Å². The van der Waals surface area contributed by atoms with E-state index >= 15 is 0 Å². The van der Waals surface area contributed by atoms with E-state index in [4.69, 9.17) is 21.1 Å². The Bertz CT molecular complexity index is 1320. The Kier molecular flexibility index (Phi) is 7.65. The molecule has 1 atom stereocenters. The van der Waals surface area contributed by atoms with Crippen molar-refractivity contribution in [1.82, 2.24) is 0 Å². The van der Waals surface area contributed by atoms with Crippen molar-refractivity contribution in [2.24, 2.45) is 0 Å². The van der Waals surface area contributed by atoms with Gasteiger partial charge < -0.3 is 14.6 Å². The molecule has 186 valence electrons. The van der Waals surface area contributed by atoms with Gasteiger partial charge in [0.15, 0.2) is 0 Å². The van der Waals surface area contributed by atoms with Crippen molar-refractivity contribution < 1.29 is 24.2 Å². The first kappa shape index (κ1) is 25.3. The number of benzene rings is 3. The molecule has 1 unspecified atom stereocenters. The predicted octanol–water partition coefficient (Wildman–Crippen LogP) is 6.46. The van der Waals surface area contributed by atoms with Gasteiger partial charge >= 0.3 is 0 Å². The molecule has 3 aromatic carbocycles. The van der Waals surface area contributed by atoms with Crippen LogP contribution in [0.4, 0.5) is 5.69 Å². The molecular weight excluding hydrogens is 478 g/mol. The third-order valence-corrected chi connectivity index (χ3v) is 6.18. The zero-order chi connectivity index (χ0) is 25.8. The number of carbonyl (C=O) groups is 2. The average Bonchev–Trinajstić information content (AvgIpc) is 3.13. The molecule has 1 heterocycles. The summed E-state index contributed by atoms with van der Waals surface area (Å²) in [6, 6.07) is 18.2. The minimum atomic E-state index is -0.851. The molecule has 1 fully saturated rings. The number of hydrogen-bond donors (Lipinski definition) is 1. The monoisotopic (exact) mass is 505 g/mol. The summed E-state index contributed by atoms with van der Waals surface area (Å²) in [5, 5.41) is 11.8. The molecule has 7 heteroatoms. The Morgan fingerprint density at radius 2 is 1.75 bits per heavy atom. The van der Waals surface area contributed by atoms with E-state index < -0.39 is 17.7 Å². The second-order valence-corrected chi connectivity index (χ2v) is 8.92. The molecule has 0 radical (unpaired) electrons. The van der Waals surface area contributed by atoms with Crippen molar-refractivity contribution in [3.05, 3.63) is 94.0 Å². The van der Waals surface area contributed by atoms with Gasteiger partial charge in [0.1, 0.15) is 17.3 Å². The van der Waals surface area contributed by atoms with Gasteiger partial charge in [0.2, 0.25) is 0 Å². The van der Waals surface area contributed by atoms with Gasteiger partial charge in [-0.15, -0.1) is 0 Å². The lowest BCUT2D eigenvalue weighted by atomic mass is 9.94. The number of hydrogen-bond acceptors (Lipinski definition) is 5. The lowest BCUT2D eigenvalue weighted by Crippen LogP contribution is -2.29. The van der Waals surface area contributed by atoms with Crippen LogP contribution in [0.25, 0.3) is 5.76 Å². The fraction of sp³-hybridized carbons (Fsp3) is 0.241. The van der Waals surface area contributed by atoms with Crippen molar-refractivity contribution in [2.75, 3.05) is 18.1 Å². The molecule has 1 aliphatic heterocycles. The Labute approximate surface area is 215 Å². The van der Waals surface area contributed by atoms with Crippen LogP contribution >= 0.6 is 11.6 Å². The third-order valence-electron chi connectivity index (χ3n) is 5.95. The van der Waals surface area contributed by atoms with E-state index in [1.165, 1.54) is 4.90 Å². The molecule has 0 saturated carbocycles. The zero-order valence-corrected chi connectivity index (χ0v) is 21.2. The van der Waals surface area contributed by atoms with Gasteiger partial charge in [0.05, 0.1) is 24.8 Å². The largest absolute Gasteiger partial charge is 0.507 e. The fourth-order valence-electron chi connectivity index (χ4n) is 4.28. The van der Waals surface area contributed by atoms with Crippen LogP contribution in [0, 0.1) is 6.92 Å². The summed E-state index contributed by atoms with van der Waals surface area (Å²) in [7, 11) is 0. The number of ketones is 1. The minimum Gasteiger partial charge on any atom is -0.507 e. The number of aryl methyl sites for hydroxylation is 1. The summed E-state index contributed by atoms with van der Waals surface area (Å²) < 4.78 is 11.3. The number of halogens is 1. The maximum absolute atomic E-state index is 13.3. The number of aliphatic hydroxyl groups excluding tert-OH is 1. The van der Waals surface area contributed by atoms with E-state index in [-0.39, 0.29) is 11.3 Å². The number of rotatable bonds is 8. The van der Waals surface area contributed by atoms with Crippen molar-refractivity contribution in [3.8, 4) is 11.5 Å². The van der Waals surface area contributed by atoms with Crippen LogP contribution in [0.5, 0.6) is 11.5 Å². The van der Waals surface area contributed by atoms with Gasteiger partial charge in [0.25, 0.3) is 11.7 Å². The molecule has 1 aliphatic rings. The van der Waals surface area contributed by atoms with Crippen LogP contribution in [0.15, 0.2) is 72.3 Å². The normalized spacial score (nSPS) is 16.9. The van der Waals surface area contributed by atoms with Crippen LogP contribution in [0.3, 0.4) is 0 Å². The quantitative estimate of drug-likeness (QED) is 0.216. The second kappa shape index (κ2) is 10.9. The van der Waals surface area contributed by atoms with E-state index in [1.807, 2.05) is 20.8 Å². The van der Waals surface area contributed by atoms with Crippen LogP contribution in [-0.4, -0.2) is 30.0 Å². The second-order valence-electron chi connectivity index (χ2n) is 8.48. The van der Waals surface area contributed by atoms with Gasteiger partial charge in [-0.25, -0.2) is 0 Å². The molecule has 4 rings (SSSR count). The van der Waals surface area contributed by atoms with Crippen molar-refractivity contribution in [1.29, 1.82) is 0 Å². The number of aliphatic hydroxyl groups is 1. The molecule has 1 N–H and O–H groups in total. The SMILES string of the molecule is CCCOc1ccc(/C(O)=C2\C(=O)C(=O)N(c3cccc(Cl)c3)C2c2ccc(OCC)cc2)cc1C. The summed E-state index contributed by atoms with van der Waals surface area (Å²) in [5.41, 5.74) is 2.36. The first-order valence-corrected chi connectivity index (χ1v) is 12.3. The molecule has 1 saturated heterocycles. The van der Waals surface area contributed by atoms with Crippen molar-refractivity contribution in [3.63, 3.8) is 0 Å². The van der Waals surface area contributed by atoms with E-state index in [2.05, 4.69) is 0 Å². The molecule has 1 amide bonds. The average molecular weight is 506 g/mol. The highest BCUT2D eigenvalue weighted by Crippen LogP contribution is 2.43. The summed E-state index contributed by atoms with van der Waals surface area (Å²) in [5.74, 6) is -0.385. The van der Waals surface area contributed by atoms with Crippen LogP contribution in [0.2, 0.25) is 5.02 Å². The standard InChI is InChI=1S/C29H28ClNO5/c1-4-15-36-24-14-11-20(16-18(24)3)27(32)25-26(19-9-12-23(13-10-19)35-5-2)31(29(34)28(25)33)22-8-6-7-21(30)17-22/h6-14,16-17,26,32H,4-5,15H2,1-3H3/b27-25+. The molecule has 0 aliphatic carbocycles. The Morgan fingerprint density at radius 3 is 2.39 bits per heavy atom. The molecular formula is C29H28ClNO5. The smallest absolute Gasteiger partial charge is 0.300 e. The van der Waals surface area contributed by atoms with E-state index in [0.29, 0.717) is 46.5 Å². The van der Waals surface area contributed by atoms with Gasteiger partial charge in [0, 0.05) is 16.3 Å². The maximum Gasteiger partial charge on any atom is 0.300 e. The first-order chi connectivity index (χ1) is 17.3. The lowest BCUT2D eigenvalue weighted by molar-refractivity contribution is -0.132. The highest BCUT2D eigenvalue weighted by molar-refractivity contribution is 6.51. The third kappa shape index (κ3) is 4.95. The summed E-state index contributed by atoms with van der Waals surface area (Å²) in [6.45, 7) is 6.88. The number of amides is 1. The molecule has 36 heavy (non-hydrogen) atoms. The lowest BCUT2D eigenvalue weighted by Gasteiger charge is -2.25. The Hall–Kier alpha value is -3.77. The number of Topliss-reactive ketones (excluding diaryl/α,β-unsaturated/α-hetero) is 1. The van der Waals surface area contributed by atoms with Crippen molar-refractivity contribution >= 4 is 34.7 Å². The van der Waals surface area contributed by atoms with Crippen molar-refractivity contribution in [2.45, 2.75) is 33.2 Å². The highest BCUT2D eigenvalue weighted by atomic mass is 35.5. The summed E-state index contributed by atoms with van der Waals surface area (Å²) >= 11 is 6.21. The topological polar surface area (TPSA) is 76.1 Å². The summed E-state index contributed by atoms with van der Waals surface area (Å²) in [6.07, 6.45) is 0.871. The molecule has 0 spiro atoms. The number of ether oxygens (including phenoxy) is 2. The Morgan fingerprint density at radius 1 is 1.00 bits per heavy atom. The highest BCUT2D eigenvalue weighted by Gasteiger charge is 2.47. The zero-order valence-electron chi connectivity index (χ0n) is 20.5. The minimum absolute atomic E-state index is 0.00534. The van der Waals surface area contributed by atoms with Gasteiger partial charge in [-0.05, 0) is 79.9 Å². The first-order valence-electron chi connectivity index (χ1n) is 11.9. The van der Waals surface area contributed by atoms with E-state index in [9.17, 15) is 14.7 Å². The fourth-order valence-corrected chi connectivity index (χ4v) is 4.46. The van der Waals surface area contributed by atoms with E-state index in [0.717, 1.165) is 12.0 Å². The van der Waals surface area contributed by atoms with Crippen LogP contribution in [0.1, 0.15) is 43.0 Å². The molecule has 3 aromatic rings. The molecule has 6 nitrogen and oxygen atoms in total. The molecule has 0 bridgehead atoms. The Balaban J connectivity index is 1.86. The number of carbonyl (C=O) groups excluding carboxylic acids is 2. The van der Waals surface area contributed by atoms with Crippen LogP contribution in [-0.2, 0) is 9.59 Å². The van der Waals surface area contributed by atoms with E-state index in [1.54, 1.807) is 66.7 Å². The maximum atomic E-state index is 13.3.